The monoisotopic (exact) mass is 481 g/mol. The average Bonchev–Trinajstić information content (AvgIpc) is 3.20. The molecule has 2 aromatic carbocycles. The molecule has 176 valence electrons. The van der Waals surface area contributed by atoms with Gasteiger partial charge in [-0.1, -0.05) is 24.3 Å². The van der Waals surface area contributed by atoms with Gasteiger partial charge < -0.3 is 18.6 Å². The van der Waals surface area contributed by atoms with Gasteiger partial charge in [-0.3, -0.25) is 9.69 Å². The summed E-state index contributed by atoms with van der Waals surface area (Å²) in [5.74, 6) is 0.599. The molecule has 1 fully saturated rings. The van der Waals surface area contributed by atoms with E-state index < -0.39 is 0 Å². The van der Waals surface area contributed by atoms with E-state index in [2.05, 4.69) is 10.00 Å². The van der Waals surface area contributed by atoms with Gasteiger partial charge in [0.05, 0.1) is 17.9 Å². The number of aryl methyl sites for hydroxylation is 1. The summed E-state index contributed by atoms with van der Waals surface area (Å²) in [6.07, 6.45) is 0. The summed E-state index contributed by atoms with van der Waals surface area (Å²) in [5.41, 5.74) is 1.25. The largest absolute Gasteiger partial charge is 0.483 e. The summed E-state index contributed by atoms with van der Waals surface area (Å²) in [7, 11) is 1.73. The molecule has 1 aliphatic heterocycles. The molecule has 0 spiro atoms. The third kappa shape index (κ3) is 4.46. The number of pyridine rings is 1. The minimum atomic E-state index is -0.205. The van der Waals surface area contributed by atoms with Crippen molar-refractivity contribution in [2.24, 2.45) is 7.05 Å². The van der Waals surface area contributed by atoms with Gasteiger partial charge in [0.2, 0.25) is 0 Å². The molecule has 5 rings (SSSR count). The van der Waals surface area contributed by atoms with Crippen molar-refractivity contribution in [2.75, 3.05) is 31.1 Å². The summed E-state index contributed by atoms with van der Waals surface area (Å²) < 4.78 is 28.8. The first-order valence-corrected chi connectivity index (χ1v) is 11.4. The lowest BCUT2D eigenvalue weighted by molar-refractivity contribution is 0.191. The van der Waals surface area contributed by atoms with E-state index in [0.717, 1.165) is 24.0 Å². The number of aromatic nitrogens is 3. The number of halogens is 1. The second-order valence-corrected chi connectivity index (χ2v) is 8.52. The second kappa shape index (κ2) is 9.40. The van der Waals surface area contributed by atoms with Crippen LogP contribution in [-0.4, -0.2) is 45.4 Å². The number of nitrogens with zero attached hydrogens (tertiary/aromatic N) is 5. The van der Waals surface area contributed by atoms with Crippen molar-refractivity contribution in [1.29, 1.82) is 0 Å². The van der Waals surface area contributed by atoms with Crippen molar-refractivity contribution in [3.05, 3.63) is 81.5 Å². The number of fused-ring (bicyclic) bond motifs is 1. The van der Waals surface area contributed by atoms with Crippen LogP contribution in [0.2, 0.25) is 0 Å². The van der Waals surface area contributed by atoms with Gasteiger partial charge in [-0.2, -0.15) is 0 Å². The molecule has 0 unspecified atom stereocenters. The molecule has 0 saturated carbocycles. The third-order valence-electron chi connectivity index (χ3n) is 6.01. The minimum absolute atomic E-state index is 0.0505. The van der Waals surface area contributed by atoms with Crippen molar-refractivity contribution in [2.45, 2.75) is 13.3 Å². The summed E-state index contributed by atoms with van der Waals surface area (Å²) in [4.78, 5) is 16.8. The number of para-hydroxylation sites is 2. The highest BCUT2D eigenvalue weighted by Crippen LogP contribution is 2.24. The van der Waals surface area contributed by atoms with Crippen LogP contribution in [0.1, 0.15) is 5.89 Å². The van der Waals surface area contributed by atoms with Crippen molar-refractivity contribution >= 4 is 28.8 Å². The third-order valence-corrected chi connectivity index (χ3v) is 6.31. The summed E-state index contributed by atoms with van der Waals surface area (Å²) in [6.45, 7) is 3.43. The van der Waals surface area contributed by atoms with Crippen LogP contribution in [0.15, 0.2) is 63.8 Å². The second-order valence-electron chi connectivity index (χ2n) is 8.17. The Morgan fingerprint density at radius 1 is 1.09 bits per heavy atom. The van der Waals surface area contributed by atoms with Crippen molar-refractivity contribution in [1.82, 2.24) is 19.2 Å². The summed E-state index contributed by atoms with van der Waals surface area (Å²) >= 11 is 5.34. The Hall–Kier alpha value is -3.50. The van der Waals surface area contributed by atoms with Gasteiger partial charge in [-0.05, 0) is 36.5 Å². The molecule has 1 saturated heterocycles. The van der Waals surface area contributed by atoms with Crippen LogP contribution in [0.3, 0.4) is 0 Å². The standard InChI is InChI=1S/C24H24FN5O3S/c1-27-19-8-4-2-6-17(19)21(14-23(27)31)32-15-22-26-30(24(34)33-22)16-28-10-12-29(13-11-28)20-9-5-3-7-18(20)25/h2-9,14H,10-13,15-16H2,1H3. The highest BCUT2D eigenvalue weighted by molar-refractivity contribution is 7.71. The zero-order valence-corrected chi connectivity index (χ0v) is 19.5. The Bertz CT molecular complexity index is 1440. The fourth-order valence-corrected chi connectivity index (χ4v) is 4.36. The van der Waals surface area contributed by atoms with Gasteiger partial charge in [-0.25, -0.2) is 9.07 Å². The molecule has 0 bridgehead atoms. The molecule has 34 heavy (non-hydrogen) atoms. The zero-order chi connectivity index (χ0) is 23.7. The smallest absolute Gasteiger partial charge is 0.288 e. The summed E-state index contributed by atoms with van der Waals surface area (Å²) in [6, 6.07) is 15.8. The Labute approximate surface area is 200 Å². The van der Waals surface area contributed by atoms with Crippen LogP contribution in [0.5, 0.6) is 5.75 Å². The molecule has 3 heterocycles. The van der Waals surface area contributed by atoms with Gasteiger partial charge in [0.15, 0.2) is 6.61 Å². The SMILES string of the molecule is Cn1c(=O)cc(OCc2nn(CN3CCN(c4ccccc4F)CC3)c(=S)o2)c2ccccc21. The van der Waals surface area contributed by atoms with E-state index >= 15 is 0 Å². The van der Waals surface area contributed by atoms with Crippen LogP contribution in [0, 0.1) is 10.7 Å². The van der Waals surface area contributed by atoms with Gasteiger partial charge in [-0.15, -0.1) is 5.10 Å². The Morgan fingerprint density at radius 3 is 2.62 bits per heavy atom. The Kier molecular flexibility index (Phi) is 6.16. The normalized spacial score (nSPS) is 14.6. The molecule has 8 nitrogen and oxygen atoms in total. The number of hydrogen-bond donors (Lipinski definition) is 0. The van der Waals surface area contributed by atoms with Gasteiger partial charge >= 0.3 is 0 Å². The molecule has 4 aromatic rings. The maximum absolute atomic E-state index is 14.1. The first-order chi connectivity index (χ1) is 16.5. The lowest BCUT2D eigenvalue weighted by Crippen LogP contribution is -2.47. The molecule has 10 heteroatoms. The predicted octanol–water partition coefficient (Wildman–Crippen LogP) is 3.56. The van der Waals surface area contributed by atoms with E-state index in [-0.39, 0.29) is 22.8 Å². The number of piperazine rings is 1. The first-order valence-electron chi connectivity index (χ1n) is 11.0. The number of ether oxygens (including phenoxy) is 1. The molecule has 0 atom stereocenters. The molecule has 1 aliphatic rings. The highest BCUT2D eigenvalue weighted by atomic mass is 32.1. The maximum atomic E-state index is 14.1. The first kappa shape index (κ1) is 22.3. The van der Waals surface area contributed by atoms with Crippen molar-refractivity contribution in [3.8, 4) is 5.75 Å². The van der Waals surface area contributed by atoms with E-state index in [1.807, 2.05) is 35.2 Å². The fraction of sp³-hybridized carbons (Fsp3) is 0.292. The van der Waals surface area contributed by atoms with Crippen molar-refractivity contribution < 1.29 is 13.5 Å². The molecule has 0 N–H and O–H groups in total. The molecule has 2 aromatic heterocycles. The van der Waals surface area contributed by atoms with E-state index in [1.165, 1.54) is 12.1 Å². The lowest BCUT2D eigenvalue weighted by Gasteiger charge is -2.35. The number of rotatable bonds is 6. The Morgan fingerprint density at radius 2 is 1.82 bits per heavy atom. The predicted molar refractivity (Wildman–Crippen MR) is 129 cm³/mol. The highest BCUT2D eigenvalue weighted by Gasteiger charge is 2.20. The Balaban J connectivity index is 1.23. The molecular formula is C24H24FN5O3S. The van der Waals surface area contributed by atoms with Gasteiger partial charge in [0.25, 0.3) is 16.3 Å². The topological polar surface area (TPSA) is 68.7 Å². The number of anilines is 1. The number of hydrogen-bond acceptors (Lipinski definition) is 7. The average molecular weight is 482 g/mol. The zero-order valence-electron chi connectivity index (χ0n) is 18.7. The summed E-state index contributed by atoms with van der Waals surface area (Å²) in [5, 5.41) is 5.28. The lowest BCUT2D eigenvalue weighted by atomic mass is 10.2. The van der Waals surface area contributed by atoms with Crippen LogP contribution in [-0.2, 0) is 20.3 Å². The van der Waals surface area contributed by atoms with Crippen LogP contribution in [0.25, 0.3) is 10.9 Å². The van der Waals surface area contributed by atoms with Crippen LogP contribution in [0.4, 0.5) is 10.1 Å². The maximum Gasteiger partial charge on any atom is 0.288 e. The van der Waals surface area contributed by atoms with Crippen molar-refractivity contribution in [3.63, 3.8) is 0 Å². The van der Waals surface area contributed by atoms with Gasteiger partial charge in [0.1, 0.15) is 11.6 Å². The molecular weight excluding hydrogens is 457 g/mol. The van der Waals surface area contributed by atoms with E-state index in [9.17, 15) is 9.18 Å². The minimum Gasteiger partial charge on any atom is -0.483 e. The molecule has 0 radical (unpaired) electrons. The fourth-order valence-electron chi connectivity index (χ4n) is 4.16. The molecule has 0 aliphatic carbocycles. The van der Waals surface area contributed by atoms with Crippen LogP contribution >= 0.6 is 12.2 Å². The van der Waals surface area contributed by atoms with E-state index in [0.29, 0.717) is 37.1 Å². The number of benzene rings is 2. The molecule has 0 amide bonds. The quantitative estimate of drug-likeness (QED) is 0.390. The van der Waals surface area contributed by atoms with Gasteiger partial charge in [0, 0.05) is 44.7 Å². The van der Waals surface area contributed by atoms with Crippen LogP contribution < -0.4 is 15.2 Å². The van der Waals surface area contributed by atoms with E-state index in [1.54, 1.807) is 28.4 Å². The van der Waals surface area contributed by atoms with E-state index in [4.69, 9.17) is 21.4 Å².